The predicted molar refractivity (Wildman–Crippen MR) is 87.9 cm³/mol. The fraction of sp³-hybridized carbons (Fsp3) is 0.529. The molecule has 5 nitrogen and oxygen atoms in total. The second-order valence-electron chi connectivity index (χ2n) is 5.69. The van der Waals surface area contributed by atoms with Crippen molar-refractivity contribution in [2.45, 2.75) is 27.7 Å². The largest absolute Gasteiger partial charge is 0.488 e. The molecule has 0 N–H and O–H groups in total. The maximum absolute atomic E-state index is 11.5. The number of nitrogens with zero attached hydrogens (tertiary/aromatic N) is 2. The number of hydrogen-bond donors (Lipinski definition) is 0. The van der Waals surface area contributed by atoms with Crippen LogP contribution in [-0.4, -0.2) is 49.6 Å². The lowest BCUT2D eigenvalue weighted by molar-refractivity contribution is -0.906. The van der Waals surface area contributed by atoms with Crippen LogP contribution in [0.3, 0.4) is 0 Å². The van der Waals surface area contributed by atoms with Gasteiger partial charge in [0, 0.05) is 13.8 Å². The highest BCUT2D eigenvalue weighted by atomic mass is 16.5. The Hall–Kier alpha value is -1.88. The Kier molecular flexibility index (Phi) is 6.56. The minimum absolute atomic E-state index is 0.292. The molecule has 0 radical (unpaired) electrons. The van der Waals surface area contributed by atoms with Crippen LogP contribution in [0.5, 0.6) is 5.75 Å². The van der Waals surface area contributed by atoms with Crippen LogP contribution in [0.2, 0.25) is 0 Å². The number of ether oxygens (including phenoxy) is 1. The summed E-state index contributed by atoms with van der Waals surface area (Å²) in [5.74, 6) is 0.162. The lowest BCUT2D eigenvalue weighted by Crippen LogP contribution is -2.46. The van der Waals surface area contributed by atoms with Crippen molar-refractivity contribution < 1.29 is 18.8 Å². The summed E-state index contributed by atoms with van der Waals surface area (Å²) in [4.78, 5) is 24.1. The van der Waals surface area contributed by atoms with Gasteiger partial charge in [0.25, 0.3) is 0 Å². The first-order chi connectivity index (χ1) is 10.3. The zero-order valence-corrected chi connectivity index (χ0v) is 14.3. The van der Waals surface area contributed by atoms with Gasteiger partial charge in [-0.3, -0.25) is 14.5 Å². The molecule has 1 aromatic rings. The van der Waals surface area contributed by atoms with E-state index in [9.17, 15) is 9.59 Å². The van der Waals surface area contributed by atoms with Crippen molar-refractivity contribution in [1.82, 2.24) is 0 Å². The van der Waals surface area contributed by atoms with Crippen LogP contribution >= 0.6 is 0 Å². The van der Waals surface area contributed by atoms with Crippen LogP contribution in [0.15, 0.2) is 24.3 Å². The monoisotopic (exact) mass is 307 g/mol. The number of benzene rings is 1. The molecule has 0 heterocycles. The molecule has 22 heavy (non-hydrogen) atoms. The normalized spacial score (nSPS) is 11.1. The number of amides is 2. The standard InChI is InChI=1S/C17H27N2O3/c1-6-19(5,7-2)12-13-22-17-10-8-16(9-11-17)18(14(3)20)15(4)21/h8-11H,6-7,12-13H2,1-5H3/q+1. The molecule has 0 aliphatic heterocycles. The number of carbonyl (C=O) groups excluding carboxylic acids is 2. The molecule has 2 amide bonds. The molecule has 0 spiro atoms. The van der Waals surface area contributed by atoms with Crippen LogP contribution in [0.1, 0.15) is 27.7 Å². The maximum atomic E-state index is 11.5. The van der Waals surface area contributed by atoms with E-state index >= 15 is 0 Å². The Balaban J connectivity index is 2.66. The zero-order chi connectivity index (χ0) is 16.8. The number of imide groups is 1. The number of carbonyl (C=O) groups is 2. The van der Waals surface area contributed by atoms with E-state index in [0.29, 0.717) is 12.3 Å². The molecule has 122 valence electrons. The number of rotatable bonds is 7. The smallest absolute Gasteiger partial charge is 0.230 e. The van der Waals surface area contributed by atoms with Gasteiger partial charge in [-0.05, 0) is 38.1 Å². The lowest BCUT2D eigenvalue weighted by Gasteiger charge is -2.31. The Morgan fingerprint density at radius 2 is 1.55 bits per heavy atom. The molecule has 0 atom stereocenters. The first kappa shape index (κ1) is 18.2. The van der Waals surface area contributed by atoms with E-state index in [4.69, 9.17) is 4.74 Å². The Bertz CT molecular complexity index is 493. The summed E-state index contributed by atoms with van der Waals surface area (Å²) in [6, 6.07) is 7.03. The second-order valence-corrected chi connectivity index (χ2v) is 5.69. The third kappa shape index (κ3) is 4.84. The summed E-state index contributed by atoms with van der Waals surface area (Å²) in [6.45, 7) is 10.8. The molecule has 0 unspecified atom stereocenters. The predicted octanol–water partition coefficient (Wildman–Crippen LogP) is 2.45. The number of anilines is 1. The first-order valence-electron chi connectivity index (χ1n) is 7.70. The molecule has 0 saturated heterocycles. The van der Waals surface area contributed by atoms with Gasteiger partial charge in [0.15, 0.2) is 0 Å². The number of quaternary nitrogens is 1. The van der Waals surface area contributed by atoms with Crippen LogP contribution in [0, 0.1) is 0 Å². The van der Waals surface area contributed by atoms with Crippen LogP contribution < -0.4 is 9.64 Å². The van der Waals surface area contributed by atoms with Gasteiger partial charge in [-0.25, -0.2) is 0 Å². The lowest BCUT2D eigenvalue weighted by atomic mass is 10.2. The molecule has 0 fully saturated rings. The van der Waals surface area contributed by atoms with Crippen molar-refractivity contribution in [1.29, 1.82) is 0 Å². The summed E-state index contributed by atoms with van der Waals surface area (Å²) < 4.78 is 6.73. The first-order valence-corrected chi connectivity index (χ1v) is 7.70. The van der Waals surface area contributed by atoms with Gasteiger partial charge in [0.1, 0.15) is 18.9 Å². The fourth-order valence-electron chi connectivity index (χ4n) is 2.20. The topological polar surface area (TPSA) is 46.6 Å². The molecule has 0 aromatic heterocycles. The third-order valence-corrected chi connectivity index (χ3v) is 4.15. The van der Waals surface area contributed by atoms with E-state index in [-0.39, 0.29) is 11.8 Å². The number of likely N-dealkylation sites (N-methyl/N-ethyl adjacent to an activating group) is 1. The maximum Gasteiger partial charge on any atom is 0.230 e. The minimum atomic E-state index is -0.292. The third-order valence-electron chi connectivity index (χ3n) is 4.15. The van der Waals surface area contributed by atoms with Gasteiger partial charge in [0.2, 0.25) is 11.8 Å². The van der Waals surface area contributed by atoms with Gasteiger partial charge < -0.3 is 9.22 Å². The SMILES string of the molecule is CC[N+](C)(CC)CCOc1ccc(N(C(C)=O)C(C)=O)cc1. The minimum Gasteiger partial charge on any atom is -0.488 e. The molecular formula is C17H27N2O3+. The van der Waals surface area contributed by atoms with E-state index in [1.54, 1.807) is 24.3 Å². The average molecular weight is 307 g/mol. The van der Waals surface area contributed by atoms with Gasteiger partial charge in [-0.15, -0.1) is 0 Å². The molecule has 1 aromatic carbocycles. The fourth-order valence-corrected chi connectivity index (χ4v) is 2.20. The van der Waals surface area contributed by atoms with Crippen molar-refractivity contribution in [2.24, 2.45) is 0 Å². The summed E-state index contributed by atoms with van der Waals surface area (Å²) >= 11 is 0. The van der Waals surface area contributed by atoms with Gasteiger partial charge in [-0.1, -0.05) is 0 Å². The van der Waals surface area contributed by atoms with E-state index in [1.165, 1.54) is 13.8 Å². The molecule has 0 saturated carbocycles. The Morgan fingerprint density at radius 1 is 1.05 bits per heavy atom. The van der Waals surface area contributed by atoms with E-state index in [2.05, 4.69) is 20.9 Å². The van der Waals surface area contributed by atoms with Crippen molar-refractivity contribution in [2.75, 3.05) is 38.2 Å². The zero-order valence-electron chi connectivity index (χ0n) is 14.3. The van der Waals surface area contributed by atoms with Crippen molar-refractivity contribution in [3.8, 4) is 5.75 Å². The van der Waals surface area contributed by atoms with E-state index in [0.717, 1.165) is 34.8 Å². The highest BCUT2D eigenvalue weighted by Gasteiger charge is 2.17. The van der Waals surface area contributed by atoms with E-state index in [1.807, 2.05) is 0 Å². The quantitative estimate of drug-likeness (QED) is 0.727. The summed E-state index contributed by atoms with van der Waals surface area (Å²) in [7, 11) is 2.21. The molecule has 0 aliphatic rings. The molecular weight excluding hydrogens is 280 g/mol. The summed E-state index contributed by atoms with van der Waals surface area (Å²) in [5.41, 5.74) is 0.565. The van der Waals surface area contributed by atoms with Gasteiger partial charge in [0.05, 0.1) is 25.8 Å². The van der Waals surface area contributed by atoms with Crippen LogP contribution in [0.25, 0.3) is 0 Å². The Labute approximate surface area is 133 Å². The molecule has 1 rings (SSSR count). The van der Waals surface area contributed by atoms with E-state index < -0.39 is 0 Å². The average Bonchev–Trinajstić information content (AvgIpc) is 2.48. The Morgan fingerprint density at radius 3 is 1.95 bits per heavy atom. The summed E-state index contributed by atoms with van der Waals surface area (Å²) in [6.07, 6.45) is 0. The number of hydrogen-bond acceptors (Lipinski definition) is 3. The molecule has 0 bridgehead atoms. The van der Waals surface area contributed by atoms with Crippen molar-refractivity contribution >= 4 is 17.5 Å². The molecule has 5 heteroatoms. The van der Waals surface area contributed by atoms with Crippen molar-refractivity contribution in [3.63, 3.8) is 0 Å². The second kappa shape index (κ2) is 7.94. The van der Waals surface area contributed by atoms with Crippen molar-refractivity contribution in [3.05, 3.63) is 24.3 Å². The molecule has 0 aliphatic carbocycles. The van der Waals surface area contributed by atoms with Gasteiger partial charge in [-0.2, -0.15) is 0 Å². The summed E-state index contributed by atoms with van der Waals surface area (Å²) in [5, 5.41) is 0. The van der Waals surface area contributed by atoms with Gasteiger partial charge >= 0.3 is 0 Å². The highest BCUT2D eigenvalue weighted by Crippen LogP contribution is 2.20. The highest BCUT2D eigenvalue weighted by molar-refractivity contribution is 6.13. The van der Waals surface area contributed by atoms with Crippen LogP contribution in [0.4, 0.5) is 5.69 Å². The van der Waals surface area contributed by atoms with Crippen LogP contribution in [-0.2, 0) is 9.59 Å².